The van der Waals surface area contributed by atoms with Gasteiger partial charge >= 0.3 is 5.97 Å². The number of ether oxygens (including phenoxy) is 3. The number of carbonyl (C=O) groups is 1. The average Bonchev–Trinajstić information content (AvgIpc) is 2.56. The fourth-order valence-corrected chi connectivity index (χ4v) is 1.84. The Morgan fingerprint density at radius 1 is 0.955 bits per heavy atom. The van der Waals surface area contributed by atoms with Crippen molar-refractivity contribution in [2.24, 2.45) is 0 Å². The number of rotatable bonds is 5. The van der Waals surface area contributed by atoms with E-state index in [2.05, 4.69) is 0 Å². The van der Waals surface area contributed by atoms with Crippen molar-refractivity contribution in [2.45, 2.75) is 0 Å². The molecule has 0 aliphatic heterocycles. The Kier molecular flexibility index (Phi) is 5.44. The standard InChI is InChI=1S/C17H15ClO4/c1-20-14-7-3-12(4-8-14)11-16(17(19)21-2)22-15-9-5-13(18)6-10-15/h3-11H,1-2H3/b16-11-. The number of halogens is 1. The highest BCUT2D eigenvalue weighted by atomic mass is 35.5. The van der Waals surface area contributed by atoms with Gasteiger partial charge in [0.05, 0.1) is 14.2 Å². The molecule has 5 heteroatoms. The summed E-state index contributed by atoms with van der Waals surface area (Å²) < 4.78 is 15.4. The summed E-state index contributed by atoms with van der Waals surface area (Å²) in [5.74, 6) is 0.741. The van der Waals surface area contributed by atoms with E-state index in [1.807, 2.05) is 12.1 Å². The van der Waals surface area contributed by atoms with Crippen LogP contribution in [0.25, 0.3) is 6.08 Å². The molecule has 0 heterocycles. The molecule has 0 aliphatic rings. The number of esters is 1. The van der Waals surface area contributed by atoms with Crippen molar-refractivity contribution >= 4 is 23.6 Å². The van der Waals surface area contributed by atoms with Gasteiger partial charge in [0.25, 0.3) is 0 Å². The van der Waals surface area contributed by atoms with E-state index in [0.717, 1.165) is 11.3 Å². The minimum atomic E-state index is -0.564. The first-order chi connectivity index (χ1) is 10.6. The van der Waals surface area contributed by atoms with E-state index < -0.39 is 5.97 Å². The molecule has 114 valence electrons. The first-order valence-electron chi connectivity index (χ1n) is 6.50. The number of hydrogen-bond acceptors (Lipinski definition) is 4. The van der Waals surface area contributed by atoms with Crippen LogP contribution in [0.5, 0.6) is 11.5 Å². The molecule has 2 aromatic rings. The van der Waals surface area contributed by atoms with E-state index in [9.17, 15) is 4.79 Å². The van der Waals surface area contributed by atoms with E-state index in [1.54, 1.807) is 49.6 Å². The molecular weight excluding hydrogens is 304 g/mol. The molecule has 0 bridgehead atoms. The highest BCUT2D eigenvalue weighted by Gasteiger charge is 2.13. The van der Waals surface area contributed by atoms with Crippen molar-refractivity contribution in [2.75, 3.05) is 14.2 Å². The summed E-state index contributed by atoms with van der Waals surface area (Å²) in [6.45, 7) is 0. The van der Waals surface area contributed by atoms with Gasteiger partial charge in [0.15, 0.2) is 0 Å². The topological polar surface area (TPSA) is 44.8 Å². The molecular formula is C17H15ClO4. The molecule has 0 radical (unpaired) electrons. The molecule has 0 atom stereocenters. The first kappa shape index (κ1) is 15.9. The second-order valence-electron chi connectivity index (χ2n) is 4.33. The first-order valence-corrected chi connectivity index (χ1v) is 6.87. The highest BCUT2D eigenvalue weighted by Crippen LogP contribution is 2.20. The summed E-state index contributed by atoms with van der Waals surface area (Å²) in [4.78, 5) is 11.8. The van der Waals surface area contributed by atoms with Crippen molar-refractivity contribution in [3.8, 4) is 11.5 Å². The number of methoxy groups -OCH3 is 2. The number of hydrogen-bond donors (Lipinski definition) is 0. The van der Waals surface area contributed by atoms with Gasteiger partial charge in [-0.25, -0.2) is 4.79 Å². The van der Waals surface area contributed by atoms with Gasteiger partial charge in [-0.1, -0.05) is 23.7 Å². The third kappa shape index (κ3) is 4.27. The van der Waals surface area contributed by atoms with Gasteiger partial charge in [0, 0.05) is 5.02 Å². The lowest BCUT2D eigenvalue weighted by molar-refractivity contribution is -0.138. The average molecular weight is 319 g/mol. The van der Waals surface area contributed by atoms with Gasteiger partial charge in [-0.2, -0.15) is 0 Å². The van der Waals surface area contributed by atoms with Gasteiger partial charge in [-0.05, 0) is 48.0 Å². The van der Waals surface area contributed by atoms with Crippen molar-refractivity contribution in [1.29, 1.82) is 0 Å². The summed E-state index contributed by atoms with van der Waals surface area (Å²) in [6, 6.07) is 13.9. The predicted octanol–water partition coefficient (Wildman–Crippen LogP) is 3.94. The fraction of sp³-hybridized carbons (Fsp3) is 0.118. The van der Waals surface area contributed by atoms with Crippen LogP contribution in [0.3, 0.4) is 0 Å². The largest absolute Gasteiger partial charge is 0.497 e. The normalized spacial score (nSPS) is 11.0. The lowest BCUT2D eigenvalue weighted by Crippen LogP contribution is -2.10. The summed E-state index contributed by atoms with van der Waals surface area (Å²) in [6.07, 6.45) is 1.60. The molecule has 0 saturated heterocycles. The second kappa shape index (κ2) is 7.52. The van der Waals surface area contributed by atoms with Gasteiger partial charge in [0.2, 0.25) is 5.76 Å². The molecule has 0 amide bonds. The Morgan fingerprint density at radius 3 is 2.09 bits per heavy atom. The molecule has 0 aliphatic carbocycles. The van der Waals surface area contributed by atoms with Crippen molar-refractivity contribution in [3.05, 3.63) is 64.9 Å². The van der Waals surface area contributed by atoms with Crippen molar-refractivity contribution in [3.63, 3.8) is 0 Å². The third-order valence-electron chi connectivity index (χ3n) is 2.84. The Morgan fingerprint density at radius 2 is 1.55 bits per heavy atom. The third-order valence-corrected chi connectivity index (χ3v) is 3.09. The van der Waals surface area contributed by atoms with Gasteiger partial charge in [-0.3, -0.25) is 0 Å². The predicted molar refractivity (Wildman–Crippen MR) is 85.1 cm³/mol. The highest BCUT2D eigenvalue weighted by molar-refractivity contribution is 6.30. The van der Waals surface area contributed by atoms with Crippen LogP contribution in [0.1, 0.15) is 5.56 Å². The molecule has 0 aromatic heterocycles. The quantitative estimate of drug-likeness (QED) is 0.476. The molecule has 0 spiro atoms. The molecule has 0 saturated carbocycles. The zero-order chi connectivity index (χ0) is 15.9. The van der Waals surface area contributed by atoms with E-state index >= 15 is 0 Å². The van der Waals surface area contributed by atoms with E-state index in [-0.39, 0.29) is 5.76 Å². The lowest BCUT2D eigenvalue weighted by atomic mass is 10.2. The van der Waals surface area contributed by atoms with Crippen LogP contribution in [0.2, 0.25) is 5.02 Å². The number of benzene rings is 2. The SMILES string of the molecule is COC(=O)/C(=C/c1ccc(OC)cc1)Oc1ccc(Cl)cc1. The smallest absolute Gasteiger partial charge is 0.373 e. The van der Waals surface area contributed by atoms with E-state index in [1.165, 1.54) is 7.11 Å². The summed E-state index contributed by atoms with van der Waals surface area (Å²) >= 11 is 5.82. The second-order valence-corrected chi connectivity index (χ2v) is 4.77. The molecule has 2 rings (SSSR count). The van der Waals surface area contributed by atoms with Crippen LogP contribution < -0.4 is 9.47 Å². The molecule has 2 aromatic carbocycles. The Balaban J connectivity index is 2.26. The molecule has 0 fully saturated rings. The Hall–Kier alpha value is -2.46. The van der Waals surface area contributed by atoms with Crippen LogP contribution in [0.4, 0.5) is 0 Å². The monoisotopic (exact) mass is 318 g/mol. The maximum Gasteiger partial charge on any atom is 0.373 e. The van der Waals surface area contributed by atoms with Crippen LogP contribution in [0.15, 0.2) is 54.3 Å². The van der Waals surface area contributed by atoms with Crippen LogP contribution in [-0.4, -0.2) is 20.2 Å². The molecule has 0 N–H and O–H groups in total. The summed E-state index contributed by atoms with van der Waals surface area (Å²) in [5.41, 5.74) is 0.787. The molecule has 0 unspecified atom stereocenters. The molecule has 4 nitrogen and oxygen atoms in total. The maximum atomic E-state index is 11.8. The fourth-order valence-electron chi connectivity index (χ4n) is 1.71. The minimum Gasteiger partial charge on any atom is -0.497 e. The summed E-state index contributed by atoms with van der Waals surface area (Å²) in [7, 11) is 2.89. The number of carbonyl (C=O) groups excluding carboxylic acids is 1. The maximum absolute atomic E-state index is 11.8. The lowest BCUT2D eigenvalue weighted by Gasteiger charge is -2.09. The van der Waals surface area contributed by atoms with Gasteiger partial charge in [0.1, 0.15) is 11.5 Å². The zero-order valence-electron chi connectivity index (χ0n) is 12.2. The minimum absolute atomic E-state index is 0.0787. The van der Waals surface area contributed by atoms with Crippen LogP contribution >= 0.6 is 11.6 Å². The van der Waals surface area contributed by atoms with Crippen LogP contribution in [-0.2, 0) is 9.53 Å². The zero-order valence-corrected chi connectivity index (χ0v) is 13.0. The van der Waals surface area contributed by atoms with E-state index in [4.69, 9.17) is 25.8 Å². The van der Waals surface area contributed by atoms with E-state index in [0.29, 0.717) is 10.8 Å². The van der Waals surface area contributed by atoms with Gasteiger partial charge in [-0.15, -0.1) is 0 Å². The Bertz CT molecular complexity index is 660. The van der Waals surface area contributed by atoms with Gasteiger partial charge < -0.3 is 14.2 Å². The summed E-state index contributed by atoms with van der Waals surface area (Å²) in [5, 5.41) is 0.589. The Labute approximate surface area is 133 Å². The molecule has 22 heavy (non-hydrogen) atoms. The van der Waals surface area contributed by atoms with Crippen molar-refractivity contribution in [1.82, 2.24) is 0 Å². The van der Waals surface area contributed by atoms with Crippen molar-refractivity contribution < 1.29 is 19.0 Å². The van der Waals surface area contributed by atoms with Crippen LogP contribution in [0, 0.1) is 0 Å².